The molecule has 1 saturated heterocycles. The van der Waals surface area contributed by atoms with E-state index in [0.717, 1.165) is 0 Å². The maximum atomic E-state index is 11.2. The molecule has 0 saturated carbocycles. The van der Waals surface area contributed by atoms with E-state index in [1.54, 1.807) is 24.3 Å². The van der Waals surface area contributed by atoms with Gasteiger partial charge in [-0.15, -0.1) is 0 Å². The van der Waals surface area contributed by atoms with E-state index in [1.807, 2.05) is 0 Å². The summed E-state index contributed by atoms with van der Waals surface area (Å²) in [6.45, 7) is 0. The topological polar surface area (TPSA) is 72.8 Å². The molecule has 5 heteroatoms. The third-order valence-electron chi connectivity index (χ3n) is 2.77. The predicted molar refractivity (Wildman–Crippen MR) is 57.6 cm³/mol. The van der Waals surface area contributed by atoms with Crippen LogP contribution < -0.4 is 4.74 Å². The van der Waals surface area contributed by atoms with E-state index >= 15 is 0 Å². The van der Waals surface area contributed by atoms with Crippen molar-refractivity contribution in [1.82, 2.24) is 0 Å². The van der Waals surface area contributed by atoms with Gasteiger partial charge in [-0.25, -0.2) is 0 Å². The van der Waals surface area contributed by atoms with Crippen LogP contribution in [0.4, 0.5) is 0 Å². The number of carboxylic acid groups (broad SMARTS) is 1. The molecule has 2 atom stereocenters. The molecule has 1 unspecified atom stereocenters. The average molecular weight is 236 g/mol. The number of carboxylic acids is 1. The second kappa shape index (κ2) is 4.45. The van der Waals surface area contributed by atoms with Crippen LogP contribution in [0.5, 0.6) is 5.75 Å². The quantitative estimate of drug-likeness (QED) is 0.803. The van der Waals surface area contributed by atoms with Crippen molar-refractivity contribution >= 4 is 11.9 Å². The number of methoxy groups -OCH3 is 1. The standard InChI is InChI=1S/C12H12O5/c1-16-9-5-3-2-4-7(9)11-8(12(14)15)6-10(13)17-11/h2-5,8,11H,6H2,1H3,(H,14,15)/t8-,11?/m1/s1. The Labute approximate surface area is 98.0 Å². The van der Waals surface area contributed by atoms with Gasteiger partial charge in [0, 0.05) is 5.56 Å². The van der Waals surface area contributed by atoms with Crippen molar-refractivity contribution in [2.24, 2.45) is 5.92 Å². The molecule has 1 fully saturated rings. The van der Waals surface area contributed by atoms with Gasteiger partial charge in [-0.1, -0.05) is 18.2 Å². The van der Waals surface area contributed by atoms with Crippen LogP contribution in [0.3, 0.4) is 0 Å². The fraction of sp³-hybridized carbons (Fsp3) is 0.333. The molecule has 1 N–H and O–H groups in total. The first kappa shape index (κ1) is 11.4. The Hall–Kier alpha value is -2.04. The number of cyclic esters (lactones) is 1. The molecule has 1 aromatic rings. The van der Waals surface area contributed by atoms with Gasteiger partial charge in [-0.2, -0.15) is 0 Å². The second-order valence-electron chi connectivity index (χ2n) is 3.80. The molecular weight excluding hydrogens is 224 g/mol. The van der Waals surface area contributed by atoms with Crippen LogP contribution >= 0.6 is 0 Å². The van der Waals surface area contributed by atoms with Crippen LogP contribution in [-0.4, -0.2) is 24.2 Å². The third-order valence-corrected chi connectivity index (χ3v) is 2.77. The van der Waals surface area contributed by atoms with Gasteiger partial charge in [0.15, 0.2) is 0 Å². The van der Waals surface area contributed by atoms with Gasteiger partial charge in [0.1, 0.15) is 17.8 Å². The van der Waals surface area contributed by atoms with Crippen molar-refractivity contribution in [2.75, 3.05) is 7.11 Å². The second-order valence-corrected chi connectivity index (χ2v) is 3.80. The molecule has 1 heterocycles. The first-order valence-corrected chi connectivity index (χ1v) is 5.18. The molecule has 0 bridgehead atoms. The molecule has 90 valence electrons. The number of para-hydroxylation sites is 1. The Bertz CT molecular complexity index is 454. The summed E-state index contributed by atoms with van der Waals surface area (Å²) in [5.41, 5.74) is 0.591. The highest BCUT2D eigenvalue weighted by Crippen LogP contribution is 2.39. The van der Waals surface area contributed by atoms with E-state index in [0.29, 0.717) is 11.3 Å². The molecule has 0 aliphatic carbocycles. The molecule has 1 aliphatic rings. The molecular formula is C12H12O5. The lowest BCUT2D eigenvalue weighted by molar-refractivity contribution is -0.144. The summed E-state index contributed by atoms with van der Waals surface area (Å²) in [6, 6.07) is 6.94. The van der Waals surface area contributed by atoms with E-state index in [-0.39, 0.29) is 6.42 Å². The van der Waals surface area contributed by atoms with Gasteiger partial charge in [-0.3, -0.25) is 9.59 Å². The van der Waals surface area contributed by atoms with Gasteiger partial charge in [0.25, 0.3) is 0 Å². The maximum Gasteiger partial charge on any atom is 0.311 e. The fourth-order valence-electron chi connectivity index (χ4n) is 1.96. The first-order chi connectivity index (χ1) is 8.13. The maximum absolute atomic E-state index is 11.2. The first-order valence-electron chi connectivity index (χ1n) is 5.18. The monoisotopic (exact) mass is 236 g/mol. The highest BCUT2D eigenvalue weighted by atomic mass is 16.6. The SMILES string of the molecule is COc1ccccc1C1OC(=O)C[C@H]1C(=O)O. The average Bonchev–Trinajstić information content (AvgIpc) is 2.71. The van der Waals surface area contributed by atoms with Gasteiger partial charge in [0.2, 0.25) is 0 Å². The van der Waals surface area contributed by atoms with Crippen molar-refractivity contribution in [3.63, 3.8) is 0 Å². The minimum Gasteiger partial charge on any atom is -0.496 e. The number of hydrogen-bond acceptors (Lipinski definition) is 4. The summed E-state index contributed by atoms with van der Waals surface area (Å²) in [5, 5.41) is 9.05. The fourth-order valence-corrected chi connectivity index (χ4v) is 1.96. The smallest absolute Gasteiger partial charge is 0.311 e. The van der Waals surface area contributed by atoms with Crippen molar-refractivity contribution in [3.8, 4) is 5.75 Å². The number of carbonyl (C=O) groups is 2. The molecule has 1 aromatic carbocycles. The van der Waals surface area contributed by atoms with Crippen LogP contribution in [0.25, 0.3) is 0 Å². The van der Waals surface area contributed by atoms with Crippen LogP contribution in [0, 0.1) is 5.92 Å². The minimum absolute atomic E-state index is 0.0992. The zero-order valence-corrected chi connectivity index (χ0v) is 9.25. The van der Waals surface area contributed by atoms with E-state index in [9.17, 15) is 9.59 Å². The Morgan fingerprint density at radius 2 is 2.18 bits per heavy atom. The Balaban J connectivity index is 2.38. The summed E-state index contributed by atoms with van der Waals surface area (Å²) in [4.78, 5) is 22.3. The summed E-state index contributed by atoms with van der Waals surface area (Å²) in [7, 11) is 1.49. The van der Waals surface area contributed by atoms with Crippen LogP contribution in [-0.2, 0) is 14.3 Å². The molecule has 0 aromatic heterocycles. The molecule has 17 heavy (non-hydrogen) atoms. The van der Waals surface area contributed by atoms with E-state index in [2.05, 4.69) is 0 Å². The number of hydrogen-bond donors (Lipinski definition) is 1. The molecule has 2 rings (SSSR count). The predicted octanol–water partition coefficient (Wildman–Crippen LogP) is 1.38. The molecule has 5 nitrogen and oxygen atoms in total. The molecule has 0 spiro atoms. The highest BCUT2D eigenvalue weighted by molar-refractivity contribution is 5.83. The Kier molecular flexibility index (Phi) is 2.99. The molecule has 1 aliphatic heterocycles. The minimum atomic E-state index is -1.04. The number of aliphatic carboxylic acids is 1. The van der Waals surface area contributed by atoms with Gasteiger partial charge in [-0.05, 0) is 6.07 Å². The van der Waals surface area contributed by atoms with Crippen LogP contribution in [0.2, 0.25) is 0 Å². The number of rotatable bonds is 3. The summed E-state index contributed by atoms with van der Waals surface area (Å²) >= 11 is 0. The lowest BCUT2D eigenvalue weighted by Gasteiger charge is -2.17. The number of esters is 1. The molecule has 0 radical (unpaired) electrons. The largest absolute Gasteiger partial charge is 0.496 e. The summed E-state index contributed by atoms with van der Waals surface area (Å²) in [6.07, 6.45) is -0.867. The van der Waals surface area contributed by atoms with Gasteiger partial charge >= 0.3 is 11.9 Å². The number of ether oxygens (including phenoxy) is 2. The van der Waals surface area contributed by atoms with Crippen molar-refractivity contribution in [2.45, 2.75) is 12.5 Å². The normalized spacial score (nSPS) is 23.2. The zero-order chi connectivity index (χ0) is 12.4. The van der Waals surface area contributed by atoms with E-state index in [4.69, 9.17) is 14.6 Å². The number of carbonyl (C=O) groups excluding carboxylic acids is 1. The Morgan fingerprint density at radius 1 is 1.47 bits per heavy atom. The lowest BCUT2D eigenvalue weighted by atomic mass is 9.95. The summed E-state index contributed by atoms with van der Waals surface area (Å²) < 4.78 is 10.2. The van der Waals surface area contributed by atoms with Crippen molar-refractivity contribution in [1.29, 1.82) is 0 Å². The van der Waals surface area contributed by atoms with Crippen molar-refractivity contribution < 1.29 is 24.2 Å². The van der Waals surface area contributed by atoms with Crippen molar-refractivity contribution in [3.05, 3.63) is 29.8 Å². The number of benzene rings is 1. The highest BCUT2D eigenvalue weighted by Gasteiger charge is 2.42. The zero-order valence-electron chi connectivity index (χ0n) is 9.25. The van der Waals surface area contributed by atoms with E-state index < -0.39 is 24.0 Å². The van der Waals surface area contributed by atoms with E-state index in [1.165, 1.54) is 7.11 Å². The third kappa shape index (κ3) is 2.08. The van der Waals surface area contributed by atoms with Crippen LogP contribution in [0.15, 0.2) is 24.3 Å². The van der Waals surface area contributed by atoms with Gasteiger partial charge in [0.05, 0.1) is 13.5 Å². The summed E-state index contributed by atoms with van der Waals surface area (Å²) in [5.74, 6) is -1.85. The lowest BCUT2D eigenvalue weighted by Crippen LogP contribution is -2.18. The van der Waals surface area contributed by atoms with Crippen LogP contribution in [0.1, 0.15) is 18.1 Å². The van der Waals surface area contributed by atoms with Gasteiger partial charge < -0.3 is 14.6 Å². The molecule has 0 amide bonds. The Morgan fingerprint density at radius 3 is 2.82 bits per heavy atom.